The molecule has 0 unspecified atom stereocenters. The molecule has 0 bridgehead atoms. The third kappa shape index (κ3) is 8.16. The van der Waals surface area contributed by atoms with Gasteiger partial charge in [-0.2, -0.15) is 0 Å². The molecule has 1 nitrogen and oxygen atoms in total. The van der Waals surface area contributed by atoms with Crippen molar-refractivity contribution in [3.05, 3.63) is 34.1 Å². The molecule has 0 atom stereocenters. The molecule has 0 rings (SSSR count). The lowest BCUT2D eigenvalue weighted by molar-refractivity contribution is 0.454. The Morgan fingerprint density at radius 3 is 2.38 bits per heavy atom. The Hall–Kier alpha value is -0.180. The fourth-order valence-corrected chi connectivity index (χ4v) is 1.95. The van der Waals surface area contributed by atoms with Crippen molar-refractivity contribution in [2.24, 2.45) is 0 Å². The number of hydrogen-bond donors (Lipinski definition) is 0. The van der Waals surface area contributed by atoms with E-state index in [2.05, 4.69) is 18.1 Å². The van der Waals surface area contributed by atoms with Crippen LogP contribution in [0.25, 0.3) is 0 Å². The molecule has 0 aliphatic heterocycles. The zero-order valence-corrected chi connectivity index (χ0v) is 10.0. The van der Waals surface area contributed by atoms with Crippen LogP contribution in [0.5, 0.6) is 0 Å². The van der Waals surface area contributed by atoms with Crippen LogP contribution in [0.2, 0.25) is 0 Å². The highest BCUT2D eigenvalue weighted by atomic mass is 35.5. The summed E-state index contributed by atoms with van der Waals surface area (Å²) in [7, 11) is 4.02. The largest absolute Gasteiger partial charge is 0.305 e. The van der Waals surface area contributed by atoms with E-state index in [-0.39, 0.29) is 0 Å². The molecule has 0 aliphatic carbocycles. The molecule has 74 valence electrons. The second-order valence-electron chi connectivity index (χ2n) is 3.08. The zero-order chi connectivity index (χ0) is 10.4. The summed E-state index contributed by atoms with van der Waals surface area (Å²) in [6, 6.07) is 0. The van der Waals surface area contributed by atoms with E-state index < -0.39 is 0 Å². The number of likely N-dealkylation sites (N-methyl/N-ethyl adjacent to an activating group) is 1. The second-order valence-corrected chi connectivity index (χ2v) is 4.98. The third-order valence-corrected chi connectivity index (χ3v) is 2.03. The smallest absolute Gasteiger partial charge is 0.0285 e. The number of allylic oxidation sites excluding steroid dienone is 2. The normalized spacial score (nSPS) is 11.9. The van der Waals surface area contributed by atoms with Crippen molar-refractivity contribution in [1.82, 2.24) is 4.90 Å². The van der Waals surface area contributed by atoms with Crippen molar-refractivity contribution in [3.63, 3.8) is 0 Å². The van der Waals surface area contributed by atoms with Crippen molar-refractivity contribution in [3.8, 4) is 0 Å². The molecule has 0 aromatic heterocycles. The molecular formula is C10H16ClNS. The first kappa shape index (κ1) is 12.8. The van der Waals surface area contributed by atoms with Gasteiger partial charge in [0, 0.05) is 16.5 Å². The van der Waals surface area contributed by atoms with Crippen LogP contribution in [0.1, 0.15) is 6.92 Å². The molecule has 0 fully saturated rings. The molecule has 0 aromatic carbocycles. The summed E-state index contributed by atoms with van der Waals surface area (Å²) in [5.41, 5.74) is 0. The van der Waals surface area contributed by atoms with Gasteiger partial charge < -0.3 is 4.90 Å². The average molecular weight is 218 g/mol. The maximum atomic E-state index is 5.71. The van der Waals surface area contributed by atoms with E-state index >= 15 is 0 Å². The standard InChI is InChI=1S/C10H16ClNS/c1-8(11)6-9(2)13-10(3)7-12(4)5/h6H,2-3,7H2,1,4-5H3/b8-6+. The van der Waals surface area contributed by atoms with Gasteiger partial charge in [0.15, 0.2) is 0 Å². The zero-order valence-electron chi connectivity index (χ0n) is 8.43. The van der Waals surface area contributed by atoms with Gasteiger partial charge in [0.05, 0.1) is 0 Å². The Bertz CT molecular complexity index is 227. The van der Waals surface area contributed by atoms with E-state index in [1.54, 1.807) is 11.8 Å². The Morgan fingerprint density at radius 1 is 1.46 bits per heavy atom. The van der Waals surface area contributed by atoms with Crippen LogP contribution in [0.4, 0.5) is 0 Å². The summed E-state index contributed by atoms with van der Waals surface area (Å²) in [6.45, 7) is 10.5. The first-order chi connectivity index (χ1) is 5.91. The van der Waals surface area contributed by atoms with Crippen LogP contribution in [0, 0.1) is 0 Å². The van der Waals surface area contributed by atoms with Crippen LogP contribution >= 0.6 is 23.4 Å². The van der Waals surface area contributed by atoms with Crippen molar-refractivity contribution >= 4 is 23.4 Å². The van der Waals surface area contributed by atoms with Gasteiger partial charge in [0.2, 0.25) is 0 Å². The molecule has 0 spiro atoms. The van der Waals surface area contributed by atoms with Crippen molar-refractivity contribution < 1.29 is 0 Å². The Kier molecular flexibility index (Phi) is 6.21. The fourth-order valence-electron chi connectivity index (χ4n) is 0.822. The monoisotopic (exact) mass is 217 g/mol. The van der Waals surface area contributed by atoms with E-state index in [1.165, 1.54) is 0 Å². The number of halogens is 1. The average Bonchev–Trinajstić information content (AvgIpc) is 1.80. The lowest BCUT2D eigenvalue weighted by Gasteiger charge is -2.11. The fraction of sp³-hybridized carbons (Fsp3) is 0.400. The lowest BCUT2D eigenvalue weighted by Crippen LogP contribution is -2.13. The van der Waals surface area contributed by atoms with Crippen molar-refractivity contribution in [2.45, 2.75) is 6.92 Å². The minimum atomic E-state index is 0.746. The first-order valence-corrected chi connectivity index (χ1v) is 5.14. The molecule has 0 aliphatic rings. The molecule has 0 radical (unpaired) electrons. The Balaban J connectivity index is 3.93. The summed E-state index contributed by atoms with van der Waals surface area (Å²) < 4.78 is 0. The molecule has 3 heteroatoms. The van der Waals surface area contributed by atoms with Crippen LogP contribution in [0.15, 0.2) is 34.1 Å². The minimum absolute atomic E-state index is 0.746. The summed E-state index contributed by atoms with van der Waals surface area (Å²) in [5.74, 6) is 0. The van der Waals surface area contributed by atoms with Gasteiger partial charge in [-0.15, -0.1) is 0 Å². The van der Waals surface area contributed by atoms with Crippen molar-refractivity contribution in [2.75, 3.05) is 20.6 Å². The Labute approximate surface area is 90.1 Å². The molecular weight excluding hydrogens is 202 g/mol. The molecule has 0 heterocycles. The summed E-state index contributed by atoms with van der Waals surface area (Å²) in [6.07, 6.45) is 1.84. The van der Waals surface area contributed by atoms with Gasteiger partial charge in [-0.1, -0.05) is 36.5 Å². The van der Waals surface area contributed by atoms with Gasteiger partial charge in [-0.05, 0) is 32.0 Å². The Morgan fingerprint density at radius 2 is 2.00 bits per heavy atom. The highest BCUT2D eigenvalue weighted by Crippen LogP contribution is 2.25. The number of hydrogen-bond acceptors (Lipinski definition) is 2. The van der Waals surface area contributed by atoms with Gasteiger partial charge in [-0.3, -0.25) is 0 Å². The summed E-state index contributed by atoms with van der Waals surface area (Å²) in [5, 5.41) is 0.746. The predicted octanol–water partition coefficient (Wildman–Crippen LogP) is 3.45. The maximum Gasteiger partial charge on any atom is 0.0285 e. The van der Waals surface area contributed by atoms with Gasteiger partial charge >= 0.3 is 0 Å². The van der Waals surface area contributed by atoms with Crippen LogP contribution in [-0.4, -0.2) is 25.5 Å². The summed E-state index contributed by atoms with van der Waals surface area (Å²) >= 11 is 7.27. The van der Waals surface area contributed by atoms with E-state index in [0.717, 1.165) is 21.4 Å². The molecule has 0 aromatic rings. The minimum Gasteiger partial charge on any atom is -0.305 e. The van der Waals surface area contributed by atoms with Crippen LogP contribution in [-0.2, 0) is 0 Å². The lowest BCUT2D eigenvalue weighted by atomic mass is 10.5. The highest BCUT2D eigenvalue weighted by molar-refractivity contribution is 8.06. The molecule has 0 amide bonds. The van der Waals surface area contributed by atoms with Crippen LogP contribution < -0.4 is 0 Å². The second kappa shape index (κ2) is 6.30. The van der Waals surface area contributed by atoms with E-state index in [4.69, 9.17) is 11.6 Å². The van der Waals surface area contributed by atoms with Gasteiger partial charge in [0.1, 0.15) is 0 Å². The first-order valence-electron chi connectivity index (χ1n) is 3.95. The van der Waals surface area contributed by atoms with E-state index in [9.17, 15) is 0 Å². The maximum absolute atomic E-state index is 5.71. The SMILES string of the molecule is C=C(/C=C(\C)Cl)SC(=C)CN(C)C. The van der Waals surface area contributed by atoms with Crippen molar-refractivity contribution in [1.29, 1.82) is 0 Å². The number of thioether (sulfide) groups is 1. The van der Waals surface area contributed by atoms with E-state index in [1.807, 2.05) is 27.1 Å². The molecule has 13 heavy (non-hydrogen) atoms. The van der Waals surface area contributed by atoms with Gasteiger partial charge in [0.25, 0.3) is 0 Å². The predicted molar refractivity (Wildman–Crippen MR) is 64.0 cm³/mol. The molecule has 0 N–H and O–H groups in total. The number of rotatable bonds is 5. The summed E-state index contributed by atoms with van der Waals surface area (Å²) in [4.78, 5) is 4.07. The third-order valence-electron chi connectivity index (χ3n) is 1.13. The van der Waals surface area contributed by atoms with Crippen LogP contribution in [0.3, 0.4) is 0 Å². The topological polar surface area (TPSA) is 3.24 Å². The number of nitrogens with zero attached hydrogens (tertiary/aromatic N) is 1. The molecule has 0 saturated heterocycles. The van der Waals surface area contributed by atoms with E-state index in [0.29, 0.717) is 0 Å². The quantitative estimate of drug-likeness (QED) is 0.649. The highest BCUT2D eigenvalue weighted by Gasteiger charge is 1.99. The molecule has 0 saturated carbocycles. The van der Waals surface area contributed by atoms with Gasteiger partial charge in [-0.25, -0.2) is 0 Å².